The lowest BCUT2D eigenvalue weighted by Crippen LogP contribution is -2.46. The van der Waals surface area contributed by atoms with Crippen molar-refractivity contribution in [1.82, 2.24) is 25.3 Å². The third-order valence-corrected chi connectivity index (χ3v) is 6.10. The fourth-order valence-corrected chi connectivity index (χ4v) is 3.83. The van der Waals surface area contributed by atoms with Crippen LogP contribution < -0.4 is 10.6 Å². The van der Waals surface area contributed by atoms with Gasteiger partial charge in [0.25, 0.3) is 0 Å². The molecule has 1 fully saturated rings. The van der Waals surface area contributed by atoms with Gasteiger partial charge in [-0.1, -0.05) is 24.3 Å². The number of benzene rings is 1. The molecule has 1 heterocycles. The number of hydrogen-bond donors (Lipinski definition) is 2. The van der Waals surface area contributed by atoms with E-state index in [-0.39, 0.29) is 12.1 Å². The highest BCUT2D eigenvalue weighted by Gasteiger charge is 2.29. The highest BCUT2D eigenvalue weighted by atomic mass is 16.2. The normalized spacial score (nSPS) is 18.5. The van der Waals surface area contributed by atoms with Crippen LogP contribution in [0.15, 0.2) is 24.3 Å². The molecule has 1 aliphatic rings. The zero-order chi connectivity index (χ0) is 22.8. The molecule has 172 valence electrons. The van der Waals surface area contributed by atoms with Gasteiger partial charge in [-0.15, -0.1) is 0 Å². The van der Waals surface area contributed by atoms with Gasteiger partial charge in [-0.05, 0) is 44.9 Å². The molecular weight excluding hydrogens is 394 g/mol. The summed E-state index contributed by atoms with van der Waals surface area (Å²) in [5.41, 5.74) is 1.94. The Labute approximate surface area is 185 Å². The van der Waals surface area contributed by atoms with Gasteiger partial charge in [0.05, 0.1) is 0 Å². The fraction of sp³-hybridized carbons (Fsp3) is 0.609. The van der Waals surface area contributed by atoms with E-state index in [1.807, 2.05) is 36.1 Å². The highest BCUT2D eigenvalue weighted by Crippen LogP contribution is 2.22. The van der Waals surface area contributed by atoms with Gasteiger partial charge in [0.2, 0.25) is 0 Å². The lowest BCUT2D eigenvalue weighted by molar-refractivity contribution is -0.108. The second kappa shape index (κ2) is 12.3. The molecule has 1 aliphatic heterocycles. The van der Waals surface area contributed by atoms with Gasteiger partial charge < -0.3 is 25.2 Å². The van der Waals surface area contributed by atoms with E-state index in [9.17, 15) is 14.4 Å². The van der Waals surface area contributed by atoms with Crippen LogP contribution in [0.2, 0.25) is 0 Å². The van der Waals surface area contributed by atoms with Crippen molar-refractivity contribution < 1.29 is 14.4 Å². The average molecular weight is 432 g/mol. The maximum atomic E-state index is 12.7. The number of nitrogens with one attached hydrogen (secondary N) is 2. The van der Waals surface area contributed by atoms with Crippen molar-refractivity contribution in [2.45, 2.75) is 58.3 Å². The quantitative estimate of drug-likeness (QED) is 0.557. The van der Waals surface area contributed by atoms with E-state index in [4.69, 9.17) is 0 Å². The molecular formula is C23H37N5O3. The van der Waals surface area contributed by atoms with Gasteiger partial charge in [-0.3, -0.25) is 4.90 Å². The van der Waals surface area contributed by atoms with Gasteiger partial charge in [0, 0.05) is 58.3 Å². The van der Waals surface area contributed by atoms with E-state index in [1.54, 1.807) is 7.05 Å². The second-order valence-electron chi connectivity index (χ2n) is 8.30. The Morgan fingerprint density at radius 1 is 1.16 bits per heavy atom. The first-order valence-corrected chi connectivity index (χ1v) is 11.1. The van der Waals surface area contributed by atoms with E-state index >= 15 is 0 Å². The monoisotopic (exact) mass is 431 g/mol. The Hall–Kier alpha value is -2.61. The van der Waals surface area contributed by atoms with E-state index < -0.39 is 0 Å². The molecule has 2 rings (SSSR count). The number of amides is 4. The average Bonchev–Trinajstić information content (AvgIpc) is 3.09. The lowest BCUT2D eigenvalue weighted by atomic mass is 10.1. The number of hydrogen-bond acceptors (Lipinski definition) is 4. The van der Waals surface area contributed by atoms with Crippen molar-refractivity contribution in [3.8, 4) is 0 Å². The van der Waals surface area contributed by atoms with Crippen LogP contribution in [-0.4, -0.2) is 78.9 Å². The molecule has 0 bridgehead atoms. The molecule has 2 atom stereocenters. The summed E-state index contributed by atoms with van der Waals surface area (Å²) in [6.07, 6.45) is 3.42. The summed E-state index contributed by atoms with van der Waals surface area (Å²) in [6, 6.07) is 8.52. The zero-order valence-electron chi connectivity index (χ0n) is 19.3. The smallest absolute Gasteiger partial charge is 0.317 e. The molecule has 0 radical (unpaired) electrons. The number of carbonyl (C=O) groups is 3. The van der Waals surface area contributed by atoms with Crippen LogP contribution in [0.25, 0.3) is 0 Å². The van der Waals surface area contributed by atoms with Crippen LogP contribution in [0.5, 0.6) is 0 Å². The molecule has 1 aromatic carbocycles. The van der Waals surface area contributed by atoms with E-state index in [2.05, 4.69) is 29.5 Å². The first-order valence-electron chi connectivity index (χ1n) is 11.1. The predicted octanol–water partition coefficient (Wildman–Crippen LogP) is 2.43. The number of aldehydes is 1. The molecule has 31 heavy (non-hydrogen) atoms. The minimum Gasteiger partial charge on any atom is -0.334 e. The summed E-state index contributed by atoms with van der Waals surface area (Å²) in [4.78, 5) is 40.9. The van der Waals surface area contributed by atoms with Gasteiger partial charge in [-0.25, -0.2) is 9.59 Å². The van der Waals surface area contributed by atoms with Gasteiger partial charge in [0.1, 0.15) is 6.29 Å². The number of rotatable bonds is 10. The minimum atomic E-state index is -0.217. The molecule has 1 saturated heterocycles. The molecule has 2 unspecified atom stereocenters. The lowest BCUT2D eigenvalue weighted by Gasteiger charge is -2.29. The highest BCUT2D eigenvalue weighted by molar-refractivity contribution is 5.74. The maximum Gasteiger partial charge on any atom is 0.317 e. The van der Waals surface area contributed by atoms with Crippen molar-refractivity contribution >= 4 is 18.3 Å². The summed E-state index contributed by atoms with van der Waals surface area (Å²) < 4.78 is 0. The first kappa shape index (κ1) is 24.7. The third kappa shape index (κ3) is 7.54. The molecule has 2 N–H and O–H groups in total. The van der Waals surface area contributed by atoms with Crippen LogP contribution in [0.1, 0.15) is 44.2 Å². The summed E-state index contributed by atoms with van der Waals surface area (Å²) in [6.45, 7) is 6.88. The minimum absolute atomic E-state index is 0.0500. The molecule has 1 aromatic rings. The van der Waals surface area contributed by atoms with E-state index in [0.717, 1.165) is 30.4 Å². The van der Waals surface area contributed by atoms with Crippen molar-refractivity contribution in [2.24, 2.45) is 0 Å². The number of likely N-dealkylation sites (tertiary alicyclic amines) is 1. The van der Waals surface area contributed by atoms with Crippen molar-refractivity contribution in [2.75, 3.05) is 33.7 Å². The first-order chi connectivity index (χ1) is 14.8. The molecule has 8 heteroatoms. The second-order valence-corrected chi connectivity index (χ2v) is 8.30. The summed E-state index contributed by atoms with van der Waals surface area (Å²) >= 11 is 0. The maximum absolute atomic E-state index is 12.7. The topological polar surface area (TPSA) is 85.0 Å². The fourth-order valence-electron chi connectivity index (χ4n) is 3.83. The van der Waals surface area contributed by atoms with Crippen molar-refractivity contribution in [1.29, 1.82) is 0 Å². The Morgan fingerprint density at radius 3 is 2.35 bits per heavy atom. The van der Waals surface area contributed by atoms with Crippen LogP contribution in [0.3, 0.4) is 0 Å². The molecule has 8 nitrogen and oxygen atoms in total. The Bertz CT molecular complexity index is 742. The zero-order valence-corrected chi connectivity index (χ0v) is 19.3. The SMILES string of the molecule is CCN(CC1CCC(C)N1C)C(=O)NCc1cccc(CNC(=O)N(C)CCC=O)c1. The Kier molecular flexibility index (Phi) is 9.78. The Balaban J connectivity index is 1.82. The van der Waals surface area contributed by atoms with Gasteiger partial charge in [0.15, 0.2) is 0 Å². The van der Waals surface area contributed by atoms with Crippen LogP contribution in [0, 0.1) is 0 Å². The number of nitrogens with zero attached hydrogens (tertiary/aromatic N) is 3. The molecule has 0 aliphatic carbocycles. The number of carbonyl (C=O) groups excluding carboxylic acids is 3. The standard InChI is InChI=1S/C23H37N5O3/c1-5-28(17-21-11-10-18(2)27(21)4)23(31)25-16-20-9-6-8-19(14-20)15-24-22(30)26(3)12-7-13-29/h6,8-9,13-14,18,21H,5,7,10-12,15-17H2,1-4H3,(H,24,30)(H,25,31). The third-order valence-electron chi connectivity index (χ3n) is 6.10. The van der Waals surface area contributed by atoms with Crippen molar-refractivity contribution in [3.63, 3.8) is 0 Å². The Morgan fingerprint density at radius 2 is 1.81 bits per heavy atom. The molecule has 4 amide bonds. The van der Waals surface area contributed by atoms with Crippen LogP contribution >= 0.6 is 0 Å². The van der Waals surface area contributed by atoms with Gasteiger partial charge >= 0.3 is 12.1 Å². The predicted molar refractivity (Wildman–Crippen MR) is 122 cm³/mol. The summed E-state index contributed by atoms with van der Waals surface area (Å²) in [5.74, 6) is 0. The summed E-state index contributed by atoms with van der Waals surface area (Å²) in [7, 11) is 3.80. The molecule has 0 spiro atoms. The van der Waals surface area contributed by atoms with Crippen molar-refractivity contribution in [3.05, 3.63) is 35.4 Å². The van der Waals surface area contributed by atoms with Crippen LogP contribution in [0.4, 0.5) is 9.59 Å². The van der Waals surface area contributed by atoms with E-state index in [1.165, 1.54) is 11.3 Å². The van der Waals surface area contributed by atoms with E-state index in [0.29, 0.717) is 44.7 Å². The van der Waals surface area contributed by atoms with Gasteiger partial charge in [-0.2, -0.15) is 0 Å². The number of likely N-dealkylation sites (N-methyl/N-ethyl adjacent to an activating group) is 2. The summed E-state index contributed by atoms with van der Waals surface area (Å²) in [5, 5.41) is 5.87. The largest absolute Gasteiger partial charge is 0.334 e. The molecule has 0 aromatic heterocycles. The van der Waals surface area contributed by atoms with Crippen LogP contribution in [-0.2, 0) is 17.9 Å². The number of urea groups is 2. The molecule has 0 saturated carbocycles.